The Kier molecular flexibility index (Phi) is 12.2. The quantitative estimate of drug-likeness (QED) is 0.649. The van der Waals surface area contributed by atoms with E-state index >= 15 is 0 Å². The van der Waals surface area contributed by atoms with Crippen molar-refractivity contribution < 1.29 is 14.2 Å². The van der Waals surface area contributed by atoms with Crippen LogP contribution in [-0.4, -0.2) is 77.3 Å². The molecule has 0 radical (unpaired) electrons. The molecule has 1 aliphatic heterocycles. The molecule has 0 aliphatic carbocycles. The Balaban J connectivity index is 2.00. The number of ether oxygens (including phenoxy) is 3. The average Bonchev–Trinajstić information content (AvgIpc) is 2.39. The van der Waals surface area contributed by atoms with Gasteiger partial charge in [0.2, 0.25) is 0 Å². The van der Waals surface area contributed by atoms with Gasteiger partial charge in [-0.05, 0) is 0 Å². The van der Waals surface area contributed by atoms with Crippen LogP contribution in [-0.2, 0) is 14.2 Å². The van der Waals surface area contributed by atoms with E-state index in [0.29, 0.717) is 13.2 Å². The van der Waals surface area contributed by atoms with Crippen molar-refractivity contribution in [3.63, 3.8) is 0 Å². The highest BCUT2D eigenvalue weighted by Crippen LogP contribution is 1.97. The molecule has 0 saturated carbocycles. The normalized spacial score (nSPS) is 24.0. The molecule has 18 heavy (non-hydrogen) atoms. The molecule has 0 aromatic rings. The zero-order valence-corrected chi connectivity index (χ0v) is 11.9. The van der Waals surface area contributed by atoms with Crippen LogP contribution in [0.2, 0.25) is 0 Å². The Hall–Kier alpha value is 0.150. The topological polar surface area (TPSA) is 51.8 Å². The van der Waals surface area contributed by atoms with E-state index in [1.807, 2.05) is 11.8 Å². The van der Waals surface area contributed by atoms with Gasteiger partial charge in [0.15, 0.2) is 0 Å². The highest BCUT2D eigenvalue weighted by Gasteiger charge is 1.94. The molecule has 0 aromatic carbocycles. The first-order chi connectivity index (χ1) is 9.00. The Labute approximate surface area is 114 Å². The van der Waals surface area contributed by atoms with Gasteiger partial charge in [0.1, 0.15) is 0 Å². The predicted molar refractivity (Wildman–Crippen MR) is 75.5 cm³/mol. The minimum atomic E-state index is 0.675. The van der Waals surface area contributed by atoms with Crippen molar-refractivity contribution in [1.29, 1.82) is 0 Å². The summed E-state index contributed by atoms with van der Waals surface area (Å²) < 4.78 is 16.4. The van der Waals surface area contributed by atoms with Crippen LogP contribution < -0.4 is 10.6 Å². The highest BCUT2D eigenvalue weighted by molar-refractivity contribution is 7.99. The summed E-state index contributed by atoms with van der Waals surface area (Å²) in [5.74, 6) is 2.20. The van der Waals surface area contributed by atoms with E-state index in [0.717, 1.165) is 64.1 Å². The molecule has 0 amide bonds. The molecule has 1 fully saturated rings. The van der Waals surface area contributed by atoms with Gasteiger partial charge in [-0.2, -0.15) is 11.8 Å². The third kappa shape index (κ3) is 11.3. The van der Waals surface area contributed by atoms with Crippen LogP contribution in [0, 0.1) is 0 Å². The molecule has 0 atom stereocenters. The number of rotatable bonds is 0. The van der Waals surface area contributed by atoms with Crippen LogP contribution in [0.25, 0.3) is 0 Å². The minimum Gasteiger partial charge on any atom is -0.379 e. The first-order valence-electron chi connectivity index (χ1n) is 6.72. The Morgan fingerprint density at radius 2 is 1.11 bits per heavy atom. The maximum Gasteiger partial charge on any atom is 0.0701 e. The fourth-order valence-corrected chi connectivity index (χ4v) is 2.20. The van der Waals surface area contributed by atoms with E-state index in [1.165, 1.54) is 0 Å². The molecule has 108 valence electrons. The molecule has 0 spiro atoms. The lowest BCUT2D eigenvalue weighted by atomic mass is 10.6. The van der Waals surface area contributed by atoms with Gasteiger partial charge in [0.25, 0.3) is 0 Å². The smallest absolute Gasteiger partial charge is 0.0701 e. The summed E-state index contributed by atoms with van der Waals surface area (Å²) in [4.78, 5) is 0. The monoisotopic (exact) mass is 278 g/mol. The molecular formula is C12H26N2O3S. The van der Waals surface area contributed by atoms with Crippen molar-refractivity contribution in [3.05, 3.63) is 0 Å². The van der Waals surface area contributed by atoms with Crippen LogP contribution >= 0.6 is 11.8 Å². The van der Waals surface area contributed by atoms with Crippen LogP contribution in [0.15, 0.2) is 0 Å². The summed E-state index contributed by atoms with van der Waals surface area (Å²) >= 11 is 1.93. The van der Waals surface area contributed by atoms with E-state index in [4.69, 9.17) is 14.2 Å². The molecule has 6 heteroatoms. The van der Waals surface area contributed by atoms with Crippen molar-refractivity contribution in [2.75, 3.05) is 77.3 Å². The van der Waals surface area contributed by atoms with Crippen LogP contribution in [0.3, 0.4) is 0 Å². The van der Waals surface area contributed by atoms with Gasteiger partial charge in [-0.3, -0.25) is 0 Å². The summed E-state index contributed by atoms with van der Waals surface area (Å²) in [6.45, 7) is 8.19. The lowest BCUT2D eigenvalue weighted by Gasteiger charge is -2.09. The van der Waals surface area contributed by atoms with E-state index in [9.17, 15) is 0 Å². The number of hydrogen-bond acceptors (Lipinski definition) is 6. The molecule has 1 aliphatic rings. The standard InChI is InChI=1S/C12H26N2O3S/c1-5-15-8-9-16-6-3-14-4-11-18-12-10-17-7-2-13-1/h13-14H,1-12H2. The van der Waals surface area contributed by atoms with Crippen molar-refractivity contribution >= 4 is 11.8 Å². The molecule has 1 rings (SSSR count). The fourth-order valence-electron chi connectivity index (χ4n) is 1.47. The lowest BCUT2D eigenvalue weighted by molar-refractivity contribution is 0.0494. The van der Waals surface area contributed by atoms with E-state index in [2.05, 4.69) is 10.6 Å². The second-order valence-corrected chi connectivity index (χ2v) is 5.17. The zero-order chi connectivity index (χ0) is 12.7. The van der Waals surface area contributed by atoms with E-state index in [1.54, 1.807) is 0 Å². The Morgan fingerprint density at radius 1 is 0.556 bits per heavy atom. The van der Waals surface area contributed by atoms with Gasteiger partial charge in [0, 0.05) is 37.7 Å². The number of thioether (sulfide) groups is 1. The molecular weight excluding hydrogens is 252 g/mol. The molecule has 1 saturated heterocycles. The van der Waals surface area contributed by atoms with Crippen LogP contribution in [0.1, 0.15) is 0 Å². The van der Waals surface area contributed by atoms with Crippen LogP contribution in [0.5, 0.6) is 0 Å². The molecule has 2 N–H and O–H groups in total. The molecule has 5 nitrogen and oxygen atoms in total. The van der Waals surface area contributed by atoms with Gasteiger partial charge in [-0.25, -0.2) is 0 Å². The van der Waals surface area contributed by atoms with E-state index < -0.39 is 0 Å². The van der Waals surface area contributed by atoms with Crippen molar-refractivity contribution in [2.45, 2.75) is 0 Å². The summed E-state index contributed by atoms with van der Waals surface area (Å²) in [6.07, 6.45) is 0. The second-order valence-electron chi connectivity index (χ2n) is 3.95. The third-order valence-corrected chi connectivity index (χ3v) is 3.38. The van der Waals surface area contributed by atoms with Gasteiger partial charge < -0.3 is 24.8 Å². The minimum absolute atomic E-state index is 0.675. The third-order valence-electron chi connectivity index (χ3n) is 2.44. The Bertz CT molecular complexity index is 100. The Morgan fingerprint density at radius 3 is 1.78 bits per heavy atom. The maximum absolute atomic E-state index is 5.51. The first-order valence-corrected chi connectivity index (χ1v) is 7.88. The van der Waals surface area contributed by atoms with Gasteiger partial charge in [-0.15, -0.1) is 0 Å². The molecule has 1 heterocycles. The van der Waals surface area contributed by atoms with Crippen molar-refractivity contribution in [1.82, 2.24) is 10.6 Å². The lowest BCUT2D eigenvalue weighted by Crippen LogP contribution is -2.26. The predicted octanol–water partition coefficient (Wildman–Crippen LogP) is -0.0378. The van der Waals surface area contributed by atoms with Crippen molar-refractivity contribution in [2.24, 2.45) is 0 Å². The molecule has 0 unspecified atom stereocenters. The largest absolute Gasteiger partial charge is 0.379 e. The average molecular weight is 278 g/mol. The summed E-state index contributed by atoms with van der Waals surface area (Å²) in [5.41, 5.74) is 0. The molecule has 0 aromatic heterocycles. The first kappa shape index (κ1) is 16.2. The number of hydrogen-bond donors (Lipinski definition) is 2. The van der Waals surface area contributed by atoms with E-state index in [-0.39, 0.29) is 0 Å². The summed E-state index contributed by atoms with van der Waals surface area (Å²) in [6, 6.07) is 0. The highest BCUT2D eigenvalue weighted by atomic mass is 32.2. The second kappa shape index (κ2) is 13.6. The van der Waals surface area contributed by atoms with Gasteiger partial charge >= 0.3 is 0 Å². The van der Waals surface area contributed by atoms with Gasteiger partial charge in [-0.1, -0.05) is 0 Å². The summed E-state index contributed by atoms with van der Waals surface area (Å²) in [7, 11) is 0. The maximum atomic E-state index is 5.51. The summed E-state index contributed by atoms with van der Waals surface area (Å²) in [5, 5.41) is 6.63. The van der Waals surface area contributed by atoms with Crippen LogP contribution in [0.4, 0.5) is 0 Å². The molecule has 0 bridgehead atoms. The SMILES string of the molecule is C1COCCOCCNCCSCCOCCN1. The van der Waals surface area contributed by atoms with Gasteiger partial charge in [0.05, 0.1) is 39.6 Å². The fraction of sp³-hybridized carbons (Fsp3) is 1.00. The van der Waals surface area contributed by atoms with Crippen molar-refractivity contribution in [3.8, 4) is 0 Å². The zero-order valence-electron chi connectivity index (χ0n) is 11.1. The number of nitrogens with one attached hydrogen (secondary N) is 2.